The zero-order chi connectivity index (χ0) is 77.4. The third-order valence-corrected chi connectivity index (χ3v) is 17.7. The van der Waals surface area contributed by atoms with Gasteiger partial charge in [0.1, 0.15) is 19.3 Å². The quantitative estimate of drug-likeness (QED) is 0.0169. The van der Waals surface area contributed by atoms with Gasteiger partial charge in [-0.3, -0.25) is 37.3 Å². The van der Waals surface area contributed by atoms with Crippen molar-refractivity contribution in [2.45, 2.75) is 303 Å². The highest BCUT2D eigenvalue weighted by atomic mass is 31.2. The average Bonchev–Trinajstić information content (AvgIpc) is 0.907. The van der Waals surface area contributed by atoms with Gasteiger partial charge in [0, 0.05) is 25.7 Å². The Kier molecular flexibility index (Phi) is 73.1. The first kappa shape index (κ1) is 100. The van der Waals surface area contributed by atoms with Crippen molar-refractivity contribution in [2.24, 2.45) is 0 Å². The van der Waals surface area contributed by atoms with E-state index in [0.717, 1.165) is 180 Å². The molecule has 0 amide bonds. The molecule has 0 aromatic rings. The number of hydrogen-bond acceptors (Lipinski definition) is 15. The molecule has 0 bridgehead atoms. The predicted octanol–water partition coefficient (Wildman–Crippen LogP) is 23.6. The number of carbonyl (C=O) groups is 4. The molecule has 0 fully saturated rings. The molecule has 0 saturated carbocycles. The number of unbranched alkanes of at least 4 members (excludes halogenated alkanes) is 17. The molecular weight excluding hydrogens is 1380 g/mol. The SMILES string of the molecule is CC/C=C\C/C=C\C/C=C\C/C=C\C/C=C\CCCC(=O)OC(COC(=O)CCCCCCCC/C=C\C/C=C\C/C=C\CCCCC)COP(=O)(O)OCC(O)COP(=O)(O)OCC(COC(=O)CCCC/C=C\C/C=C\C/C=C\C/C=C\CC)OC(=O)CCCCCCC/C=C\C/C=C\C/C=C\CC. The molecule has 0 spiro atoms. The molecule has 3 N–H and O–H groups in total. The number of phosphoric acid groups is 2. The molecule has 0 rings (SSSR count). The molecule has 5 unspecified atom stereocenters. The van der Waals surface area contributed by atoms with E-state index in [1.807, 2.05) is 12.2 Å². The fraction of sp³-hybridized carbons (Fsp3) is 0.609. The first-order valence-electron chi connectivity index (χ1n) is 40.0. The average molecular weight is 1520 g/mol. The Balaban J connectivity index is 5.49. The second-order valence-corrected chi connectivity index (χ2v) is 28.8. The molecule has 0 saturated heterocycles. The zero-order valence-electron chi connectivity index (χ0n) is 65.5. The third kappa shape index (κ3) is 76.4. The van der Waals surface area contributed by atoms with Crippen molar-refractivity contribution >= 4 is 39.5 Å². The van der Waals surface area contributed by atoms with E-state index in [1.54, 1.807) is 0 Å². The number of ether oxygens (including phenoxy) is 4. The van der Waals surface area contributed by atoms with Crippen LogP contribution in [0.2, 0.25) is 0 Å². The van der Waals surface area contributed by atoms with Gasteiger partial charge >= 0.3 is 39.5 Å². The van der Waals surface area contributed by atoms with E-state index < -0.39 is 97.5 Å². The van der Waals surface area contributed by atoms with E-state index in [-0.39, 0.29) is 25.7 Å². The maximum absolute atomic E-state index is 13.1. The number of rotatable bonds is 73. The summed E-state index contributed by atoms with van der Waals surface area (Å²) in [5, 5.41) is 10.6. The molecule has 0 aromatic carbocycles. The Hall–Kier alpha value is -5.84. The molecule has 0 aliphatic heterocycles. The Bertz CT molecular complexity index is 2730. The summed E-state index contributed by atoms with van der Waals surface area (Å²) in [6, 6.07) is 0. The van der Waals surface area contributed by atoms with E-state index in [2.05, 4.69) is 198 Å². The summed E-state index contributed by atoms with van der Waals surface area (Å²) >= 11 is 0. The molecular formula is C87H140O17P2. The molecule has 106 heavy (non-hydrogen) atoms. The second-order valence-electron chi connectivity index (χ2n) is 25.9. The van der Waals surface area contributed by atoms with Gasteiger partial charge in [0.15, 0.2) is 12.2 Å². The Morgan fingerprint density at radius 1 is 0.274 bits per heavy atom. The van der Waals surface area contributed by atoms with Gasteiger partial charge in [0.05, 0.1) is 26.4 Å². The summed E-state index contributed by atoms with van der Waals surface area (Å²) in [7, 11) is -10.0. The fourth-order valence-corrected chi connectivity index (χ4v) is 11.4. The number of phosphoric ester groups is 2. The number of aliphatic hydroxyl groups excluding tert-OH is 1. The van der Waals surface area contributed by atoms with Crippen LogP contribution in [-0.2, 0) is 65.4 Å². The molecule has 0 radical (unpaired) electrons. The summed E-state index contributed by atoms with van der Waals surface area (Å²) in [5.41, 5.74) is 0. The highest BCUT2D eigenvalue weighted by Crippen LogP contribution is 2.45. The molecule has 600 valence electrons. The number of esters is 4. The number of aliphatic hydroxyl groups is 1. The summed E-state index contributed by atoms with van der Waals surface area (Å²) in [6.07, 6.45) is 93.1. The van der Waals surface area contributed by atoms with Gasteiger partial charge in [0.25, 0.3) is 0 Å². The molecule has 5 atom stereocenters. The van der Waals surface area contributed by atoms with Crippen LogP contribution in [0.4, 0.5) is 0 Å². The molecule has 0 heterocycles. The Labute approximate surface area is 641 Å². The monoisotopic (exact) mass is 1520 g/mol. The van der Waals surface area contributed by atoms with Gasteiger partial charge in [-0.05, 0) is 173 Å². The molecule has 0 aliphatic carbocycles. The standard InChI is InChI=1S/C87H140O17P2/c1-5-9-13-17-21-25-29-33-37-39-40-42-45-48-52-56-60-64-68-72-85(90)98-78-83(104-87(92)74-70-66-62-58-54-50-46-41-38-34-30-26-22-18-14-10-6-2)80-102-106(95,96)100-76-81(88)75-99-105(93,94)101-79-82(103-86(91)73-69-65-61-57-53-49-44-36-32-28-24-20-16-12-8-4)77-97-84(89)71-67-63-59-55-51-47-43-35-31-27-23-19-15-11-7-3/h10-12,14-16,21-28,33-38,40,42-44,46,50-51,55,58,62,81-83,88H,5-9,13,17-20,29-32,39,41,45,47-49,52-54,56-57,59-61,63-80H2,1-4H3,(H,93,94)(H,95,96)/b14-10-,15-11-,16-12-,25-21-,26-22-,27-23-,28-24-,37-33-,38-34-,42-40-,43-35-,44-36-,50-46-,55-51-,62-58-. The lowest BCUT2D eigenvalue weighted by Gasteiger charge is -2.21. The lowest BCUT2D eigenvalue weighted by Crippen LogP contribution is -2.30. The van der Waals surface area contributed by atoms with Crippen LogP contribution in [0.1, 0.15) is 285 Å². The summed E-state index contributed by atoms with van der Waals surface area (Å²) in [5.74, 6) is -2.34. The number of allylic oxidation sites excluding steroid dienone is 30. The summed E-state index contributed by atoms with van der Waals surface area (Å²) in [6.45, 7) is 4.34. The van der Waals surface area contributed by atoms with Crippen LogP contribution in [0, 0.1) is 0 Å². The van der Waals surface area contributed by atoms with Gasteiger partial charge in [-0.1, -0.05) is 268 Å². The van der Waals surface area contributed by atoms with Crippen LogP contribution in [0.3, 0.4) is 0 Å². The van der Waals surface area contributed by atoms with Gasteiger partial charge in [-0.2, -0.15) is 0 Å². The maximum atomic E-state index is 13.1. The smallest absolute Gasteiger partial charge is 0.462 e. The van der Waals surface area contributed by atoms with Crippen molar-refractivity contribution in [3.63, 3.8) is 0 Å². The van der Waals surface area contributed by atoms with Crippen LogP contribution in [0.5, 0.6) is 0 Å². The van der Waals surface area contributed by atoms with Crippen molar-refractivity contribution in [1.29, 1.82) is 0 Å². The van der Waals surface area contributed by atoms with Gasteiger partial charge < -0.3 is 33.8 Å². The lowest BCUT2D eigenvalue weighted by atomic mass is 10.1. The summed E-state index contributed by atoms with van der Waals surface area (Å²) < 4.78 is 68.5. The van der Waals surface area contributed by atoms with E-state index in [4.69, 9.17) is 37.0 Å². The van der Waals surface area contributed by atoms with Crippen LogP contribution < -0.4 is 0 Å². The highest BCUT2D eigenvalue weighted by Gasteiger charge is 2.30. The molecule has 0 aromatic heterocycles. The minimum atomic E-state index is -5.01. The molecule has 0 aliphatic rings. The highest BCUT2D eigenvalue weighted by molar-refractivity contribution is 7.47. The van der Waals surface area contributed by atoms with E-state index in [9.17, 15) is 43.2 Å². The molecule has 17 nitrogen and oxygen atoms in total. The Morgan fingerprint density at radius 2 is 0.500 bits per heavy atom. The Morgan fingerprint density at radius 3 is 0.811 bits per heavy atom. The second kappa shape index (κ2) is 77.3. The van der Waals surface area contributed by atoms with E-state index >= 15 is 0 Å². The van der Waals surface area contributed by atoms with Crippen molar-refractivity contribution < 1.29 is 80.2 Å². The van der Waals surface area contributed by atoms with Crippen molar-refractivity contribution in [3.05, 3.63) is 182 Å². The minimum absolute atomic E-state index is 0.00552. The number of hydrogen-bond donors (Lipinski definition) is 3. The number of carbonyl (C=O) groups excluding carboxylic acids is 4. The zero-order valence-corrected chi connectivity index (χ0v) is 67.3. The van der Waals surface area contributed by atoms with E-state index in [0.29, 0.717) is 32.1 Å². The topological polar surface area (TPSA) is 237 Å². The van der Waals surface area contributed by atoms with Gasteiger partial charge in [0.2, 0.25) is 0 Å². The van der Waals surface area contributed by atoms with Crippen LogP contribution in [-0.4, -0.2) is 96.7 Å². The van der Waals surface area contributed by atoms with Crippen molar-refractivity contribution in [2.75, 3.05) is 39.6 Å². The molecule has 19 heteroatoms. The minimum Gasteiger partial charge on any atom is -0.462 e. The van der Waals surface area contributed by atoms with Crippen molar-refractivity contribution in [1.82, 2.24) is 0 Å². The van der Waals surface area contributed by atoms with Crippen molar-refractivity contribution in [3.8, 4) is 0 Å². The van der Waals surface area contributed by atoms with Gasteiger partial charge in [-0.15, -0.1) is 0 Å². The first-order valence-corrected chi connectivity index (χ1v) is 43.0. The third-order valence-electron chi connectivity index (χ3n) is 15.8. The van der Waals surface area contributed by atoms with Crippen LogP contribution in [0.25, 0.3) is 0 Å². The van der Waals surface area contributed by atoms with Gasteiger partial charge in [-0.25, -0.2) is 9.13 Å². The van der Waals surface area contributed by atoms with E-state index in [1.165, 1.54) is 19.3 Å². The largest absolute Gasteiger partial charge is 0.472 e. The normalized spacial score (nSPS) is 14.8. The van der Waals surface area contributed by atoms with Crippen LogP contribution in [0.15, 0.2) is 182 Å². The lowest BCUT2D eigenvalue weighted by molar-refractivity contribution is -0.161. The fourth-order valence-electron chi connectivity index (χ4n) is 9.85. The predicted molar refractivity (Wildman–Crippen MR) is 436 cm³/mol. The summed E-state index contributed by atoms with van der Waals surface area (Å²) in [4.78, 5) is 73.0. The first-order chi connectivity index (χ1) is 51.7. The van der Waals surface area contributed by atoms with Crippen LogP contribution >= 0.6 is 15.6 Å². The maximum Gasteiger partial charge on any atom is 0.472 e.